The van der Waals surface area contributed by atoms with Gasteiger partial charge in [0.15, 0.2) is 5.58 Å². The van der Waals surface area contributed by atoms with Crippen LogP contribution in [0.3, 0.4) is 0 Å². The number of thiophene rings is 1. The molecule has 0 N–H and O–H groups in total. The normalized spacial score (nSPS) is 13.3. The number of rotatable bonds is 2. The average molecular weight is 756 g/mol. The van der Waals surface area contributed by atoms with Gasteiger partial charge >= 0.3 is 0 Å². The summed E-state index contributed by atoms with van der Waals surface area (Å²) in [6.07, 6.45) is 0. The molecule has 0 unspecified atom stereocenters. The summed E-state index contributed by atoms with van der Waals surface area (Å²) >= 11 is 5.46. The topological polar surface area (TPSA) is 42.2 Å². The fraction of sp³-hybridized carbons (Fsp3) is 0. The van der Waals surface area contributed by atoms with Crippen molar-refractivity contribution in [2.45, 2.75) is 19.6 Å². The van der Waals surface area contributed by atoms with E-state index < -0.39 is 0 Å². The molecule has 0 spiro atoms. The first-order valence-corrected chi connectivity index (χ1v) is 20.7. The second kappa shape index (κ2) is 11.2. The molecule has 3 aromatic heterocycles. The third-order valence-corrected chi connectivity index (χ3v) is 14.8. The van der Waals surface area contributed by atoms with Gasteiger partial charge in [-0.1, -0.05) is 133 Å². The van der Waals surface area contributed by atoms with Crippen LogP contribution in [0.4, 0.5) is 17.3 Å². The van der Waals surface area contributed by atoms with E-state index in [2.05, 4.69) is 157 Å². The maximum atomic E-state index is 6.97. The first kappa shape index (κ1) is 30.2. The maximum absolute atomic E-state index is 6.97. The molecule has 0 radical (unpaired) electrons. The van der Waals surface area contributed by atoms with E-state index in [-0.39, 0.29) is 0 Å². The van der Waals surface area contributed by atoms with E-state index >= 15 is 0 Å². The molecule has 0 saturated carbocycles. The Bertz CT molecular complexity index is 3470. The third-order valence-electron chi connectivity index (χ3n) is 11.1. The van der Waals surface area contributed by atoms with Crippen LogP contribution in [0.5, 0.6) is 0 Å². The minimum Gasteiger partial charge on any atom is -0.451 e. The quantitative estimate of drug-likeness (QED) is 0.175. The summed E-state index contributed by atoms with van der Waals surface area (Å²) in [7, 11) is 0. The monoisotopic (exact) mass is 755 g/mol. The minimum atomic E-state index is 0.619. The highest BCUT2D eigenvalue weighted by molar-refractivity contribution is 8.05. The Labute approximate surface area is 327 Å². The summed E-state index contributed by atoms with van der Waals surface area (Å²) in [6.45, 7) is 0. The lowest BCUT2D eigenvalue weighted by Crippen LogP contribution is -2.18. The molecular weight excluding hydrogens is 731 g/mol. The number of benzene rings is 8. The first-order valence-electron chi connectivity index (χ1n) is 18.2. The fourth-order valence-electron chi connectivity index (χ4n) is 8.70. The van der Waals surface area contributed by atoms with Crippen LogP contribution in [-0.4, -0.2) is 9.97 Å². The van der Waals surface area contributed by atoms with Gasteiger partial charge in [-0.3, -0.25) is 4.90 Å². The Morgan fingerprint density at radius 1 is 0.473 bits per heavy atom. The number of anilines is 3. The van der Waals surface area contributed by atoms with Crippen molar-refractivity contribution in [3.8, 4) is 22.4 Å². The van der Waals surface area contributed by atoms with Crippen LogP contribution in [0.15, 0.2) is 176 Å². The molecule has 0 amide bonds. The zero-order chi connectivity index (χ0) is 35.8. The standard InChI is InChI=1S/C48H25N3OS3/c1-2-12-27-26(11-1)23-24-32-43-46(52-45(27)32)44(33-17-10-22-39-47(33)55-38-21-8-7-20-37(38)54-39)50-48(49-43)51-34-18-5-3-13-28(34)29-15-9-16-31-41(29)35(51)25-40-42(31)30-14-4-6-19-36(30)53-40/h1-25H. The van der Waals surface area contributed by atoms with Crippen molar-refractivity contribution in [3.05, 3.63) is 152 Å². The zero-order valence-corrected chi connectivity index (χ0v) is 31.4. The smallest absolute Gasteiger partial charge is 0.236 e. The minimum absolute atomic E-state index is 0.619. The molecule has 4 nitrogen and oxygen atoms in total. The van der Waals surface area contributed by atoms with Gasteiger partial charge in [0, 0.05) is 67.0 Å². The third kappa shape index (κ3) is 4.20. The maximum Gasteiger partial charge on any atom is 0.236 e. The molecule has 2 aliphatic rings. The van der Waals surface area contributed by atoms with Crippen LogP contribution >= 0.6 is 34.9 Å². The summed E-state index contributed by atoms with van der Waals surface area (Å²) < 4.78 is 9.50. The van der Waals surface area contributed by atoms with Crippen LogP contribution in [0, 0.1) is 0 Å². The largest absolute Gasteiger partial charge is 0.451 e. The molecule has 13 rings (SSSR count). The van der Waals surface area contributed by atoms with Gasteiger partial charge in [0.25, 0.3) is 0 Å². The highest BCUT2D eigenvalue weighted by Crippen LogP contribution is 2.56. The van der Waals surface area contributed by atoms with E-state index in [9.17, 15) is 0 Å². The summed E-state index contributed by atoms with van der Waals surface area (Å²) in [5.41, 5.74) is 8.69. The molecule has 0 fully saturated rings. The predicted molar refractivity (Wildman–Crippen MR) is 231 cm³/mol. The van der Waals surface area contributed by atoms with Crippen LogP contribution in [0.1, 0.15) is 0 Å². The highest BCUT2D eigenvalue weighted by Gasteiger charge is 2.32. The number of hydrogen-bond donors (Lipinski definition) is 0. The molecule has 11 aromatic rings. The van der Waals surface area contributed by atoms with Gasteiger partial charge in [-0.2, -0.15) is 0 Å². The lowest BCUT2D eigenvalue weighted by Gasteiger charge is -2.32. The molecule has 2 aliphatic heterocycles. The lowest BCUT2D eigenvalue weighted by atomic mass is 9.89. The molecular formula is C48H25N3OS3. The van der Waals surface area contributed by atoms with Gasteiger partial charge in [-0.05, 0) is 58.8 Å². The zero-order valence-electron chi connectivity index (χ0n) is 28.9. The van der Waals surface area contributed by atoms with Crippen molar-refractivity contribution in [1.29, 1.82) is 0 Å². The lowest BCUT2D eigenvalue weighted by molar-refractivity contribution is 0.670. The van der Waals surface area contributed by atoms with Crippen LogP contribution in [0.25, 0.3) is 86.2 Å². The molecule has 8 aromatic carbocycles. The molecule has 256 valence electrons. The second-order valence-electron chi connectivity index (χ2n) is 14.0. The van der Waals surface area contributed by atoms with Crippen molar-refractivity contribution < 1.29 is 4.42 Å². The Kier molecular flexibility index (Phi) is 6.16. The Balaban J connectivity index is 1.15. The van der Waals surface area contributed by atoms with Gasteiger partial charge in [-0.25, -0.2) is 9.97 Å². The SMILES string of the molecule is c1ccc2c(c1)Sc1cccc(-c3nc(N4c5ccccc5-c5cccc6c5c4cc4sc5ccccc5c46)nc4c3oc3c5ccccc5ccc43)c1S2. The fourth-order valence-corrected chi connectivity index (χ4v) is 12.2. The predicted octanol–water partition coefficient (Wildman–Crippen LogP) is 14.8. The highest BCUT2D eigenvalue weighted by atomic mass is 32.2. The van der Waals surface area contributed by atoms with Crippen molar-refractivity contribution >= 4 is 116 Å². The van der Waals surface area contributed by atoms with Gasteiger partial charge in [0.2, 0.25) is 5.95 Å². The van der Waals surface area contributed by atoms with E-state index in [0.717, 1.165) is 55.5 Å². The Morgan fingerprint density at radius 2 is 1.20 bits per heavy atom. The number of para-hydroxylation sites is 1. The Morgan fingerprint density at radius 3 is 2.15 bits per heavy atom. The van der Waals surface area contributed by atoms with Crippen LogP contribution in [0.2, 0.25) is 0 Å². The van der Waals surface area contributed by atoms with Crippen molar-refractivity contribution in [2.75, 3.05) is 4.90 Å². The molecule has 5 heterocycles. The number of aromatic nitrogens is 2. The number of nitrogens with zero attached hydrogens (tertiary/aromatic N) is 3. The first-order chi connectivity index (χ1) is 27.3. The summed E-state index contributed by atoms with van der Waals surface area (Å²) in [6, 6.07) is 54.5. The summed E-state index contributed by atoms with van der Waals surface area (Å²) in [5, 5.41) is 8.22. The van der Waals surface area contributed by atoms with Crippen molar-refractivity contribution in [1.82, 2.24) is 9.97 Å². The Hall–Kier alpha value is -6.12. The summed E-state index contributed by atoms with van der Waals surface area (Å²) in [5.74, 6) is 0.619. The van der Waals surface area contributed by atoms with Crippen LogP contribution < -0.4 is 4.90 Å². The van der Waals surface area contributed by atoms with Crippen molar-refractivity contribution in [2.24, 2.45) is 0 Å². The number of hydrogen-bond acceptors (Lipinski definition) is 7. The van der Waals surface area contributed by atoms with Gasteiger partial charge in [-0.15, -0.1) is 11.3 Å². The van der Waals surface area contributed by atoms with E-state index in [4.69, 9.17) is 14.4 Å². The van der Waals surface area contributed by atoms with Gasteiger partial charge in [0.05, 0.1) is 11.4 Å². The summed E-state index contributed by atoms with van der Waals surface area (Å²) in [4.78, 5) is 18.3. The van der Waals surface area contributed by atoms with E-state index in [1.54, 1.807) is 11.8 Å². The molecule has 0 aliphatic carbocycles. The van der Waals surface area contributed by atoms with E-state index in [1.807, 2.05) is 23.1 Å². The van der Waals surface area contributed by atoms with Gasteiger partial charge < -0.3 is 4.42 Å². The van der Waals surface area contributed by atoms with E-state index in [0.29, 0.717) is 11.5 Å². The van der Waals surface area contributed by atoms with Crippen LogP contribution in [-0.2, 0) is 0 Å². The average Bonchev–Trinajstić information content (AvgIpc) is 3.81. The second-order valence-corrected chi connectivity index (χ2v) is 17.3. The molecule has 0 bridgehead atoms. The molecule has 0 saturated heterocycles. The molecule has 7 heteroatoms. The number of fused-ring (bicyclic) bond motifs is 13. The number of furan rings is 1. The molecule has 55 heavy (non-hydrogen) atoms. The molecule has 0 atom stereocenters. The van der Waals surface area contributed by atoms with Crippen molar-refractivity contribution in [3.63, 3.8) is 0 Å². The van der Waals surface area contributed by atoms with Gasteiger partial charge in [0.1, 0.15) is 16.8 Å². The van der Waals surface area contributed by atoms with E-state index in [1.165, 1.54) is 56.1 Å².